The fourth-order valence-corrected chi connectivity index (χ4v) is 1.97. The molecule has 0 aliphatic carbocycles. The van der Waals surface area contributed by atoms with Crippen molar-refractivity contribution in [3.8, 4) is 11.1 Å². The zero-order valence-corrected chi connectivity index (χ0v) is 10.1. The van der Waals surface area contributed by atoms with Crippen molar-refractivity contribution in [3.05, 3.63) is 59.2 Å². The molecule has 88 valence electrons. The normalized spacial score (nSPS) is 10.5. The Morgan fingerprint density at radius 2 is 1.59 bits per heavy atom. The molecule has 0 amide bonds. The minimum atomic E-state index is 0.573. The predicted molar refractivity (Wildman–Crippen MR) is 72.4 cm³/mol. The second kappa shape index (κ2) is 5.13. The summed E-state index contributed by atoms with van der Waals surface area (Å²) in [6.45, 7) is 3.26. The first kappa shape index (κ1) is 11.8. The second-order valence-corrected chi connectivity index (χ2v) is 4.26. The van der Waals surface area contributed by atoms with Crippen LogP contribution in [0.4, 0.5) is 0 Å². The molecule has 4 N–H and O–H groups in total. The molecule has 0 radical (unpaired) electrons. The predicted octanol–water partition coefficient (Wildman–Crippen LogP) is 2.58. The SMILES string of the molecule is Cc1ccc(CN)cc1-c1cccc(CN)c1. The Morgan fingerprint density at radius 3 is 2.29 bits per heavy atom. The number of benzene rings is 2. The largest absolute Gasteiger partial charge is 0.326 e. The second-order valence-electron chi connectivity index (χ2n) is 4.26. The van der Waals surface area contributed by atoms with Crippen molar-refractivity contribution in [2.45, 2.75) is 20.0 Å². The van der Waals surface area contributed by atoms with E-state index in [0.29, 0.717) is 13.1 Å². The van der Waals surface area contributed by atoms with E-state index in [1.807, 2.05) is 12.1 Å². The Labute approximate surface area is 102 Å². The molecule has 0 heterocycles. The summed E-state index contributed by atoms with van der Waals surface area (Å²) < 4.78 is 0. The highest BCUT2D eigenvalue weighted by Crippen LogP contribution is 2.25. The summed E-state index contributed by atoms with van der Waals surface area (Å²) in [5.41, 5.74) is 17.4. The molecule has 0 aliphatic rings. The Morgan fingerprint density at radius 1 is 0.882 bits per heavy atom. The van der Waals surface area contributed by atoms with Crippen LogP contribution in [0.15, 0.2) is 42.5 Å². The summed E-state index contributed by atoms with van der Waals surface area (Å²) in [7, 11) is 0. The molecular weight excluding hydrogens is 208 g/mol. The highest BCUT2D eigenvalue weighted by Gasteiger charge is 2.03. The lowest BCUT2D eigenvalue weighted by Gasteiger charge is -2.09. The van der Waals surface area contributed by atoms with Gasteiger partial charge in [-0.3, -0.25) is 0 Å². The maximum atomic E-state index is 5.68. The van der Waals surface area contributed by atoms with Crippen molar-refractivity contribution < 1.29 is 0 Å². The lowest BCUT2D eigenvalue weighted by atomic mass is 9.97. The standard InChI is InChI=1S/C15H18N2/c1-11-5-6-13(10-17)8-15(11)14-4-2-3-12(7-14)9-16/h2-8H,9-10,16-17H2,1H3. The van der Waals surface area contributed by atoms with E-state index in [9.17, 15) is 0 Å². The average Bonchev–Trinajstić information content (AvgIpc) is 2.39. The Bertz CT molecular complexity index is 518. The summed E-state index contributed by atoms with van der Waals surface area (Å²) in [6.07, 6.45) is 0. The van der Waals surface area contributed by atoms with Crippen LogP contribution in [0.2, 0.25) is 0 Å². The number of rotatable bonds is 3. The number of nitrogens with two attached hydrogens (primary N) is 2. The molecule has 2 aromatic rings. The number of hydrogen-bond donors (Lipinski definition) is 2. The quantitative estimate of drug-likeness (QED) is 0.845. The van der Waals surface area contributed by atoms with Crippen LogP contribution in [0.25, 0.3) is 11.1 Å². The van der Waals surface area contributed by atoms with Crippen LogP contribution in [0.5, 0.6) is 0 Å². The summed E-state index contributed by atoms with van der Waals surface area (Å²) in [5.74, 6) is 0. The maximum Gasteiger partial charge on any atom is 0.0178 e. The van der Waals surface area contributed by atoms with Gasteiger partial charge < -0.3 is 11.5 Å². The summed E-state index contributed by atoms with van der Waals surface area (Å²) in [4.78, 5) is 0. The van der Waals surface area contributed by atoms with Crippen molar-refractivity contribution in [1.29, 1.82) is 0 Å². The van der Waals surface area contributed by atoms with Gasteiger partial charge in [0.05, 0.1) is 0 Å². The van der Waals surface area contributed by atoms with Gasteiger partial charge in [-0.2, -0.15) is 0 Å². The fraction of sp³-hybridized carbons (Fsp3) is 0.200. The fourth-order valence-electron chi connectivity index (χ4n) is 1.97. The van der Waals surface area contributed by atoms with Gasteiger partial charge in [0.25, 0.3) is 0 Å². The third-order valence-electron chi connectivity index (χ3n) is 3.01. The molecule has 2 aromatic carbocycles. The molecule has 2 nitrogen and oxygen atoms in total. The van der Waals surface area contributed by atoms with E-state index in [4.69, 9.17) is 11.5 Å². The molecular formula is C15H18N2. The van der Waals surface area contributed by atoms with Gasteiger partial charge in [-0.15, -0.1) is 0 Å². The molecule has 0 saturated heterocycles. The third-order valence-corrected chi connectivity index (χ3v) is 3.01. The molecule has 0 aromatic heterocycles. The van der Waals surface area contributed by atoms with E-state index in [1.54, 1.807) is 0 Å². The molecule has 0 spiro atoms. The van der Waals surface area contributed by atoms with E-state index in [-0.39, 0.29) is 0 Å². The van der Waals surface area contributed by atoms with Gasteiger partial charge in [0, 0.05) is 13.1 Å². The molecule has 2 heteroatoms. The number of aryl methyl sites for hydroxylation is 1. The van der Waals surface area contributed by atoms with Crippen LogP contribution in [-0.4, -0.2) is 0 Å². The molecule has 0 aliphatic heterocycles. The van der Waals surface area contributed by atoms with Gasteiger partial charge in [-0.1, -0.05) is 30.3 Å². The molecule has 0 atom stereocenters. The summed E-state index contributed by atoms with van der Waals surface area (Å²) in [6, 6.07) is 14.7. The summed E-state index contributed by atoms with van der Waals surface area (Å²) >= 11 is 0. The van der Waals surface area contributed by atoms with E-state index >= 15 is 0 Å². The number of hydrogen-bond acceptors (Lipinski definition) is 2. The van der Waals surface area contributed by atoms with Crippen LogP contribution >= 0.6 is 0 Å². The van der Waals surface area contributed by atoms with Crippen LogP contribution in [-0.2, 0) is 13.1 Å². The first-order valence-corrected chi connectivity index (χ1v) is 5.83. The highest BCUT2D eigenvalue weighted by atomic mass is 14.5. The van der Waals surface area contributed by atoms with Crippen LogP contribution in [0, 0.1) is 6.92 Å². The lowest BCUT2D eigenvalue weighted by molar-refractivity contribution is 1.07. The monoisotopic (exact) mass is 226 g/mol. The average molecular weight is 226 g/mol. The van der Waals surface area contributed by atoms with Crippen LogP contribution in [0.3, 0.4) is 0 Å². The van der Waals surface area contributed by atoms with Gasteiger partial charge in [-0.25, -0.2) is 0 Å². The molecule has 0 fully saturated rings. The third kappa shape index (κ3) is 2.54. The highest BCUT2D eigenvalue weighted by molar-refractivity contribution is 5.68. The van der Waals surface area contributed by atoms with Gasteiger partial charge in [0.1, 0.15) is 0 Å². The van der Waals surface area contributed by atoms with E-state index in [2.05, 4.69) is 37.3 Å². The van der Waals surface area contributed by atoms with Gasteiger partial charge in [0.2, 0.25) is 0 Å². The molecule has 0 bridgehead atoms. The molecule has 0 unspecified atom stereocenters. The minimum Gasteiger partial charge on any atom is -0.326 e. The van der Waals surface area contributed by atoms with Crippen molar-refractivity contribution in [2.24, 2.45) is 11.5 Å². The van der Waals surface area contributed by atoms with Crippen molar-refractivity contribution in [2.75, 3.05) is 0 Å². The van der Waals surface area contributed by atoms with Crippen LogP contribution in [0.1, 0.15) is 16.7 Å². The molecule has 0 saturated carbocycles. The Balaban J connectivity index is 2.50. The minimum absolute atomic E-state index is 0.573. The van der Waals surface area contributed by atoms with E-state index < -0.39 is 0 Å². The van der Waals surface area contributed by atoms with Gasteiger partial charge >= 0.3 is 0 Å². The van der Waals surface area contributed by atoms with E-state index in [0.717, 1.165) is 11.1 Å². The first-order valence-electron chi connectivity index (χ1n) is 5.83. The van der Waals surface area contributed by atoms with Gasteiger partial charge in [-0.05, 0) is 46.9 Å². The van der Waals surface area contributed by atoms with Crippen LogP contribution < -0.4 is 11.5 Å². The van der Waals surface area contributed by atoms with Crippen molar-refractivity contribution in [3.63, 3.8) is 0 Å². The lowest BCUT2D eigenvalue weighted by Crippen LogP contribution is -1.98. The molecule has 2 rings (SSSR count). The first-order chi connectivity index (χ1) is 8.24. The Hall–Kier alpha value is -1.64. The van der Waals surface area contributed by atoms with E-state index in [1.165, 1.54) is 16.7 Å². The zero-order chi connectivity index (χ0) is 12.3. The summed E-state index contributed by atoms with van der Waals surface area (Å²) in [5, 5.41) is 0. The smallest absolute Gasteiger partial charge is 0.0178 e. The Kier molecular flexibility index (Phi) is 3.57. The van der Waals surface area contributed by atoms with Crippen molar-refractivity contribution >= 4 is 0 Å². The maximum absolute atomic E-state index is 5.68. The van der Waals surface area contributed by atoms with Crippen molar-refractivity contribution in [1.82, 2.24) is 0 Å². The molecule has 17 heavy (non-hydrogen) atoms. The van der Waals surface area contributed by atoms with Gasteiger partial charge in [0.15, 0.2) is 0 Å². The topological polar surface area (TPSA) is 52.0 Å². The zero-order valence-electron chi connectivity index (χ0n) is 10.1.